The van der Waals surface area contributed by atoms with Crippen LogP contribution in [0.3, 0.4) is 0 Å². The smallest absolute Gasteiger partial charge is 0.232 e. The molecular weight excluding hydrogens is 414 g/mol. The zero-order valence-electron chi connectivity index (χ0n) is 18.3. The van der Waals surface area contributed by atoms with Crippen LogP contribution in [0.15, 0.2) is 47.0 Å². The Kier molecular flexibility index (Phi) is 5.61. The molecule has 0 amide bonds. The van der Waals surface area contributed by atoms with E-state index in [-0.39, 0.29) is 5.41 Å². The van der Waals surface area contributed by atoms with Gasteiger partial charge in [-0.3, -0.25) is 0 Å². The molecule has 0 saturated carbocycles. The van der Waals surface area contributed by atoms with E-state index in [1.54, 1.807) is 0 Å². The summed E-state index contributed by atoms with van der Waals surface area (Å²) in [5.41, 5.74) is 3.91. The average Bonchev–Trinajstić information content (AvgIpc) is 3.22. The highest BCUT2D eigenvalue weighted by Gasteiger charge is 2.24. The lowest BCUT2D eigenvalue weighted by Crippen LogP contribution is -2.35. The Morgan fingerprint density at radius 2 is 1.84 bits per heavy atom. The SMILES string of the molecule is CC(C)(C)c1nc(-c2ccc(COc3ccc4c(c3)CCN(S(C)(=O)=O)C4)cc2)no1. The third-order valence-corrected chi connectivity index (χ3v) is 6.56. The Morgan fingerprint density at radius 3 is 2.48 bits per heavy atom. The number of hydrogen-bond donors (Lipinski definition) is 0. The van der Waals surface area contributed by atoms with Crippen LogP contribution in [0.4, 0.5) is 0 Å². The van der Waals surface area contributed by atoms with Gasteiger partial charge in [0.2, 0.25) is 21.7 Å². The molecular formula is C23H27N3O4S. The molecule has 0 spiro atoms. The molecule has 0 saturated heterocycles. The van der Waals surface area contributed by atoms with Gasteiger partial charge in [0.25, 0.3) is 0 Å². The number of sulfonamides is 1. The summed E-state index contributed by atoms with van der Waals surface area (Å²) in [4.78, 5) is 4.49. The fourth-order valence-electron chi connectivity index (χ4n) is 3.44. The fourth-order valence-corrected chi connectivity index (χ4v) is 4.23. The predicted molar refractivity (Wildman–Crippen MR) is 118 cm³/mol. The molecule has 8 heteroatoms. The van der Waals surface area contributed by atoms with Gasteiger partial charge in [0.15, 0.2) is 0 Å². The molecule has 0 aliphatic carbocycles. The lowest BCUT2D eigenvalue weighted by Gasteiger charge is -2.27. The van der Waals surface area contributed by atoms with Gasteiger partial charge >= 0.3 is 0 Å². The van der Waals surface area contributed by atoms with Gasteiger partial charge < -0.3 is 9.26 Å². The Labute approximate surface area is 183 Å². The molecule has 0 unspecified atom stereocenters. The van der Waals surface area contributed by atoms with Gasteiger partial charge in [-0.25, -0.2) is 8.42 Å². The van der Waals surface area contributed by atoms with Crippen LogP contribution >= 0.6 is 0 Å². The molecule has 1 aromatic heterocycles. The zero-order valence-corrected chi connectivity index (χ0v) is 19.1. The van der Waals surface area contributed by atoms with Crippen molar-refractivity contribution >= 4 is 10.0 Å². The van der Waals surface area contributed by atoms with Crippen LogP contribution in [-0.4, -0.2) is 35.7 Å². The summed E-state index contributed by atoms with van der Waals surface area (Å²) >= 11 is 0. The number of rotatable bonds is 5. The third-order valence-electron chi connectivity index (χ3n) is 5.31. The number of benzene rings is 2. The Balaban J connectivity index is 1.39. The molecule has 164 valence electrons. The molecule has 2 heterocycles. The molecule has 4 rings (SSSR count). The maximum absolute atomic E-state index is 11.8. The zero-order chi connectivity index (χ0) is 22.2. The van der Waals surface area contributed by atoms with Crippen molar-refractivity contribution < 1.29 is 17.7 Å². The highest BCUT2D eigenvalue weighted by molar-refractivity contribution is 7.88. The number of ether oxygens (including phenoxy) is 1. The monoisotopic (exact) mass is 441 g/mol. The number of nitrogens with zero attached hydrogens (tertiary/aromatic N) is 3. The van der Waals surface area contributed by atoms with Gasteiger partial charge in [-0.1, -0.05) is 56.3 Å². The second-order valence-corrected chi connectivity index (χ2v) is 10.9. The van der Waals surface area contributed by atoms with Crippen LogP contribution in [0.2, 0.25) is 0 Å². The van der Waals surface area contributed by atoms with E-state index in [1.807, 2.05) is 63.2 Å². The van der Waals surface area contributed by atoms with Crippen molar-refractivity contribution in [2.24, 2.45) is 0 Å². The first-order chi connectivity index (χ1) is 14.6. The van der Waals surface area contributed by atoms with Crippen molar-refractivity contribution in [3.63, 3.8) is 0 Å². The average molecular weight is 442 g/mol. The highest BCUT2D eigenvalue weighted by atomic mass is 32.2. The predicted octanol–water partition coefficient (Wildman–Crippen LogP) is 3.93. The summed E-state index contributed by atoms with van der Waals surface area (Å²) in [7, 11) is -3.17. The van der Waals surface area contributed by atoms with E-state index in [2.05, 4.69) is 10.1 Å². The molecule has 0 radical (unpaired) electrons. The fraction of sp³-hybridized carbons (Fsp3) is 0.391. The molecule has 0 fully saturated rings. The molecule has 1 aliphatic heterocycles. The second kappa shape index (κ2) is 8.09. The van der Waals surface area contributed by atoms with E-state index in [0.29, 0.717) is 37.8 Å². The van der Waals surface area contributed by atoms with E-state index < -0.39 is 10.0 Å². The van der Waals surface area contributed by atoms with Crippen LogP contribution in [0.25, 0.3) is 11.4 Å². The first kappa shape index (κ1) is 21.5. The summed E-state index contributed by atoms with van der Waals surface area (Å²) in [6, 6.07) is 13.8. The van der Waals surface area contributed by atoms with Gasteiger partial charge in [0.1, 0.15) is 12.4 Å². The van der Waals surface area contributed by atoms with Crippen LogP contribution in [-0.2, 0) is 35.0 Å². The molecule has 0 atom stereocenters. The maximum Gasteiger partial charge on any atom is 0.232 e. The minimum Gasteiger partial charge on any atom is -0.489 e. The van der Waals surface area contributed by atoms with Crippen molar-refractivity contribution in [1.82, 2.24) is 14.4 Å². The maximum atomic E-state index is 11.8. The van der Waals surface area contributed by atoms with Crippen molar-refractivity contribution in [2.75, 3.05) is 12.8 Å². The van der Waals surface area contributed by atoms with Crippen molar-refractivity contribution in [3.05, 3.63) is 65.0 Å². The first-order valence-electron chi connectivity index (χ1n) is 10.2. The summed E-state index contributed by atoms with van der Waals surface area (Å²) in [5, 5.41) is 4.08. The van der Waals surface area contributed by atoms with Gasteiger partial charge in [0, 0.05) is 24.1 Å². The number of fused-ring (bicyclic) bond motifs is 1. The van der Waals surface area contributed by atoms with Crippen LogP contribution in [0.5, 0.6) is 5.75 Å². The molecule has 7 nitrogen and oxygen atoms in total. The van der Waals surface area contributed by atoms with E-state index in [0.717, 1.165) is 28.0 Å². The standard InChI is InChI=1S/C23H27N3O4S/c1-23(2,3)22-24-21(25-30-22)17-7-5-16(6-8-17)15-29-20-10-9-19-14-26(31(4,27)28)12-11-18(19)13-20/h5-10,13H,11-12,14-15H2,1-4H3. The molecule has 31 heavy (non-hydrogen) atoms. The Bertz CT molecular complexity index is 1180. The molecule has 3 aromatic rings. The van der Waals surface area contributed by atoms with Crippen LogP contribution in [0, 0.1) is 0 Å². The molecule has 0 bridgehead atoms. The Morgan fingerprint density at radius 1 is 1.10 bits per heavy atom. The minimum absolute atomic E-state index is 0.184. The largest absolute Gasteiger partial charge is 0.489 e. The van der Waals surface area contributed by atoms with Gasteiger partial charge in [-0.15, -0.1) is 0 Å². The topological polar surface area (TPSA) is 85.5 Å². The normalized spacial score (nSPS) is 15.0. The molecule has 0 N–H and O–H groups in total. The summed E-state index contributed by atoms with van der Waals surface area (Å²) < 4.78 is 36.4. The van der Waals surface area contributed by atoms with Gasteiger partial charge in [-0.2, -0.15) is 9.29 Å². The third kappa shape index (κ3) is 4.97. The Hall–Kier alpha value is -2.71. The van der Waals surface area contributed by atoms with Crippen molar-refractivity contribution in [2.45, 2.75) is 45.8 Å². The van der Waals surface area contributed by atoms with E-state index in [1.165, 1.54) is 10.6 Å². The lowest BCUT2D eigenvalue weighted by atomic mass is 9.97. The number of aromatic nitrogens is 2. The van der Waals surface area contributed by atoms with Crippen LogP contribution in [0.1, 0.15) is 43.4 Å². The minimum atomic E-state index is -3.17. The molecule has 1 aliphatic rings. The second-order valence-electron chi connectivity index (χ2n) is 8.94. The van der Waals surface area contributed by atoms with Gasteiger partial charge in [0.05, 0.1) is 6.26 Å². The summed E-state index contributed by atoms with van der Waals surface area (Å²) in [6.07, 6.45) is 1.94. The van der Waals surface area contributed by atoms with Gasteiger partial charge in [-0.05, 0) is 35.2 Å². The van der Waals surface area contributed by atoms with Crippen molar-refractivity contribution in [3.8, 4) is 17.1 Å². The first-order valence-corrected chi connectivity index (χ1v) is 12.1. The van der Waals surface area contributed by atoms with E-state index >= 15 is 0 Å². The quantitative estimate of drug-likeness (QED) is 0.596. The summed E-state index contributed by atoms with van der Waals surface area (Å²) in [5.74, 6) is 1.97. The number of hydrogen-bond acceptors (Lipinski definition) is 6. The highest BCUT2D eigenvalue weighted by Crippen LogP contribution is 2.26. The van der Waals surface area contributed by atoms with E-state index in [4.69, 9.17) is 9.26 Å². The van der Waals surface area contributed by atoms with Crippen LogP contribution < -0.4 is 4.74 Å². The van der Waals surface area contributed by atoms with Crippen molar-refractivity contribution in [1.29, 1.82) is 0 Å². The molecule has 2 aromatic carbocycles. The van der Waals surface area contributed by atoms with E-state index in [9.17, 15) is 8.42 Å². The summed E-state index contributed by atoms with van der Waals surface area (Å²) in [6.45, 7) is 7.47. The lowest BCUT2D eigenvalue weighted by molar-refractivity contribution is 0.305.